The number of hydrogen-bond donors (Lipinski definition) is 1. The van der Waals surface area contributed by atoms with Crippen LogP contribution in [0.1, 0.15) is 38.7 Å². The molecule has 0 spiro atoms. The lowest BCUT2D eigenvalue weighted by atomic mass is 9.80. The van der Waals surface area contributed by atoms with Crippen molar-refractivity contribution >= 4 is 17.8 Å². The number of ether oxygens (including phenoxy) is 1. The fourth-order valence-electron chi connectivity index (χ4n) is 5.21. The van der Waals surface area contributed by atoms with Crippen LogP contribution in [0.3, 0.4) is 0 Å². The lowest BCUT2D eigenvalue weighted by molar-refractivity contribution is 0.0492. The van der Waals surface area contributed by atoms with Gasteiger partial charge in [-0.3, -0.25) is 0 Å². The van der Waals surface area contributed by atoms with Crippen LogP contribution in [-0.2, 0) is 0 Å². The summed E-state index contributed by atoms with van der Waals surface area (Å²) < 4.78 is 6.21. The number of urea groups is 1. The van der Waals surface area contributed by atoms with Gasteiger partial charge in [-0.05, 0) is 63.0 Å². The summed E-state index contributed by atoms with van der Waals surface area (Å²) in [5.41, 5.74) is 2.09. The summed E-state index contributed by atoms with van der Waals surface area (Å²) in [5, 5.41) is 10.8. The Bertz CT molecular complexity index is 1100. The van der Waals surface area contributed by atoms with Gasteiger partial charge >= 0.3 is 6.03 Å². The highest BCUT2D eigenvalue weighted by Gasteiger charge is 2.34. The second kappa shape index (κ2) is 9.31. The van der Waals surface area contributed by atoms with Gasteiger partial charge in [-0.15, -0.1) is 0 Å². The Morgan fingerprint density at radius 2 is 2.12 bits per heavy atom. The zero-order chi connectivity index (χ0) is 23.7. The van der Waals surface area contributed by atoms with Crippen molar-refractivity contribution in [1.82, 2.24) is 14.8 Å². The Balaban J connectivity index is 1.30. The van der Waals surface area contributed by atoms with E-state index in [1.54, 1.807) is 12.4 Å². The van der Waals surface area contributed by atoms with Crippen molar-refractivity contribution in [3.8, 4) is 5.88 Å². The number of allylic oxidation sites excluding steroid dienone is 5. The lowest BCUT2D eigenvalue weighted by Crippen LogP contribution is -2.45. The third-order valence-corrected chi connectivity index (χ3v) is 7.06. The van der Waals surface area contributed by atoms with Crippen molar-refractivity contribution < 1.29 is 14.6 Å². The first-order valence-corrected chi connectivity index (χ1v) is 12.1. The lowest BCUT2D eigenvalue weighted by Gasteiger charge is -2.35. The van der Waals surface area contributed by atoms with Crippen LogP contribution in [0.15, 0.2) is 65.0 Å². The molecule has 1 aromatic heterocycles. The summed E-state index contributed by atoms with van der Waals surface area (Å²) in [6, 6.07) is 4.18. The van der Waals surface area contributed by atoms with Gasteiger partial charge in [0.2, 0.25) is 5.88 Å². The molecule has 34 heavy (non-hydrogen) atoms. The van der Waals surface area contributed by atoms with Gasteiger partial charge in [0.05, 0.1) is 12.1 Å². The van der Waals surface area contributed by atoms with Gasteiger partial charge in [0.15, 0.2) is 0 Å². The molecular weight excluding hydrogens is 428 g/mol. The van der Waals surface area contributed by atoms with Gasteiger partial charge in [-0.2, -0.15) is 0 Å². The topological polar surface area (TPSA) is 78.3 Å². The zero-order valence-corrected chi connectivity index (χ0v) is 19.9. The number of carbonyl (C=O) groups excluding carboxylic acids is 1. The minimum atomic E-state index is -0.910. The van der Waals surface area contributed by atoms with Crippen molar-refractivity contribution in [1.29, 1.82) is 0 Å². The number of hydrogen-bond acceptors (Lipinski definition) is 5. The molecule has 4 heterocycles. The number of aliphatic hydroxyl groups is 1. The molecule has 1 unspecified atom stereocenters. The maximum Gasteiger partial charge on any atom is 0.343 e. The van der Waals surface area contributed by atoms with Gasteiger partial charge in [-0.25, -0.2) is 14.8 Å². The molecule has 0 bridgehead atoms. The minimum Gasteiger partial charge on any atom is -0.438 e. The highest BCUT2D eigenvalue weighted by molar-refractivity contribution is 5.91. The van der Waals surface area contributed by atoms with E-state index in [1.807, 2.05) is 49.1 Å². The fraction of sp³-hybridized carbons (Fsp3) is 0.444. The van der Waals surface area contributed by atoms with Gasteiger partial charge in [0, 0.05) is 55.1 Å². The third-order valence-electron chi connectivity index (χ3n) is 7.06. The average molecular weight is 461 g/mol. The highest BCUT2D eigenvalue weighted by atomic mass is 16.5. The van der Waals surface area contributed by atoms with Crippen LogP contribution in [0.4, 0.5) is 4.79 Å². The largest absolute Gasteiger partial charge is 0.438 e. The van der Waals surface area contributed by atoms with Crippen molar-refractivity contribution in [3.05, 3.63) is 65.6 Å². The van der Waals surface area contributed by atoms with E-state index in [0.717, 1.165) is 61.4 Å². The van der Waals surface area contributed by atoms with Gasteiger partial charge in [0.1, 0.15) is 5.76 Å². The maximum atomic E-state index is 11.9. The van der Waals surface area contributed by atoms with E-state index >= 15 is 0 Å². The smallest absolute Gasteiger partial charge is 0.343 e. The van der Waals surface area contributed by atoms with Crippen molar-refractivity contribution in [2.45, 2.75) is 44.8 Å². The van der Waals surface area contributed by atoms with Gasteiger partial charge < -0.3 is 19.6 Å². The fourth-order valence-corrected chi connectivity index (χ4v) is 5.21. The minimum absolute atomic E-state index is 0.0885. The molecule has 0 aromatic carbocycles. The first-order chi connectivity index (χ1) is 16.4. The van der Waals surface area contributed by atoms with Gasteiger partial charge in [0.25, 0.3) is 0 Å². The Hall–Kier alpha value is -3.03. The van der Waals surface area contributed by atoms with Crippen LogP contribution < -0.4 is 4.74 Å². The number of pyridine rings is 1. The van der Waals surface area contributed by atoms with Crippen molar-refractivity contribution in [2.24, 2.45) is 10.9 Å². The second-order valence-corrected chi connectivity index (χ2v) is 9.87. The van der Waals surface area contributed by atoms with Gasteiger partial charge in [-0.1, -0.05) is 18.2 Å². The third kappa shape index (κ3) is 4.63. The monoisotopic (exact) mass is 460 g/mol. The Labute approximate surface area is 200 Å². The summed E-state index contributed by atoms with van der Waals surface area (Å²) in [7, 11) is 0. The predicted molar refractivity (Wildman–Crippen MR) is 133 cm³/mol. The summed E-state index contributed by atoms with van der Waals surface area (Å²) in [5.74, 6) is 1.16. The summed E-state index contributed by atoms with van der Waals surface area (Å²) >= 11 is 0. The Morgan fingerprint density at radius 3 is 2.85 bits per heavy atom. The molecule has 1 atom stereocenters. The molecule has 2 amide bonds. The standard InChI is InChI=1S/C27H32N4O3/c1-27(2,33)23-8-3-9-24-22(23)18-19(21-7-4-12-28-25(21)34-24)6-5-14-30-15-10-20(11-16-30)31-17-13-29-26(31)32/h3-4,6-9,12-13,18,20,23,33H,5,10-11,14-17H2,1-2H3. The van der Waals surface area contributed by atoms with Crippen molar-refractivity contribution in [3.63, 3.8) is 0 Å². The summed E-state index contributed by atoms with van der Waals surface area (Å²) in [4.78, 5) is 24.6. The number of fused-ring (bicyclic) bond motifs is 2. The number of likely N-dealkylation sites (tertiary alicyclic amines) is 1. The number of amides is 2. The van der Waals surface area contributed by atoms with E-state index in [4.69, 9.17) is 4.74 Å². The van der Waals surface area contributed by atoms with Crippen LogP contribution in [0.2, 0.25) is 0 Å². The Morgan fingerprint density at radius 1 is 1.29 bits per heavy atom. The molecule has 1 fully saturated rings. The zero-order valence-electron chi connectivity index (χ0n) is 19.9. The molecule has 5 rings (SSSR count). The molecular formula is C27H32N4O3. The second-order valence-electron chi connectivity index (χ2n) is 9.87. The van der Waals surface area contributed by atoms with Crippen LogP contribution in [-0.4, -0.2) is 70.0 Å². The quantitative estimate of drug-likeness (QED) is 0.719. The van der Waals surface area contributed by atoms with Crippen molar-refractivity contribution in [2.75, 3.05) is 26.2 Å². The van der Waals surface area contributed by atoms with E-state index in [1.165, 1.54) is 0 Å². The first-order valence-electron chi connectivity index (χ1n) is 12.1. The number of piperidine rings is 1. The van der Waals surface area contributed by atoms with Crippen LogP contribution in [0, 0.1) is 5.92 Å². The normalized spacial score (nSPS) is 24.4. The molecule has 1 saturated heterocycles. The SMILES string of the molecule is CC(C)(O)C1C=CC=C2Oc3ncccc3C(=CCCN3CCC(N4CC=NC4=O)CC3)C=C21. The van der Waals surface area contributed by atoms with E-state index in [0.29, 0.717) is 18.5 Å². The molecule has 7 heteroatoms. The predicted octanol–water partition coefficient (Wildman–Crippen LogP) is 3.99. The number of carbonyl (C=O) groups is 1. The number of nitrogens with zero attached hydrogens (tertiary/aromatic N) is 4. The highest BCUT2D eigenvalue weighted by Crippen LogP contribution is 2.40. The first kappa shape index (κ1) is 22.7. The Kier molecular flexibility index (Phi) is 6.23. The van der Waals surface area contributed by atoms with E-state index in [2.05, 4.69) is 27.0 Å². The van der Waals surface area contributed by atoms with Crippen LogP contribution >= 0.6 is 0 Å². The number of aliphatic imine (C=N–C) groups is 1. The van der Waals surface area contributed by atoms with E-state index in [-0.39, 0.29) is 11.9 Å². The molecule has 1 aromatic rings. The molecule has 0 saturated carbocycles. The maximum absolute atomic E-state index is 11.9. The van der Waals surface area contributed by atoms with E-state index in [9.17, 15) is 9.90 Å². The van der Waals surface area contributed by atoms with Crippen LogP contribution in [0.5, 0.6) is 5.88 Å². The number of aromatic nitrogens is 1. The van der Waals surface area contributed by atoms with E-state index < -0.39 is 5.60 Å². The molecule has 3 aliphatic heterocycles. The summed E-state index contributed by atoms with van der Waals surface area (Å²) in [6.45, 7) is 7.24. The van der Waals surface area contributed by atoms with Crippen LogP contribution in [0.25, 0.3) is 5.57 Å². The molecule has 4 aliphatic rings. The average Bonchev–Trinajstić information content (AvgIpc) is 3.17. The molecule has 7 nitrogen and oxygen atoms in total. The molecule has 1 N–H and O–H groups in total. The molecule has 1 aliphatic carbocycles. The number of rotatable bonds is 5. The molecule has 0 radical (unpaired) electrons. The molecule has 178 valence electrons. The summed E-state index contributed by atoms with van der Waals surface area (Å²) in [6.07, 6.45) is 16.6.